The van der Waals surface area contributed by atoms with E-state index in [1.165, 1.54) is 173 Å². The van der Waals surface area contributed by atoms with Crippen molar-refractivity contribution in [2.24, 2.45) is 0 Å². The fourth-order valence-electron chi connectivity index (χ4n) is 5.65. The van der Waals surface area contributed by atoms with E-state index in [0.29, 0.717) is 6.42 Å². The number of rotatable bonds is 28. The van der Waals surface area contributed by atoms with Crippen LogP contribution in [0.25, 0.3) is 0 Å². The molecule has 0 aromatic heterocycles. The number of carbonyl (C=O) groups excluding carboxylic acids is 1. The van der Waals surface area contributed by atoms with E-state index >= 15 is 0 Å². The highest BCUT2D eigenvalue weighted by Gasteiger charge is 2.22. The molecule has 0 aliphatic carbocycles. The maximum absolute atomic E-state index is 11.1. The van der Waals surface area contributed by atoms with Crippen LogP contribution in [0, 0.1) is 0 Å². The largest absolute Gasteiger partial charge is 0.462 e. The number of unbranched alkanes of at least 4 members (excludes halogenated alkanes) is 26. The van der Waals surface area contributed by atoms with Gasteiger partial charge < -0.3 is 4.74 Å². The third kappa shape index (κ3) is 23.6. The summed E-state index contributed by atoms with van der Waals surface area (Å²) < 4.78 is 5.28. The first kappa shape index (κ1) is 32.5. The van der Waals surface area contributed by atoms with Crippen LogP contribution < -0.4 is 0 Å². The van der Waals surface area contributed by atoms with Gasteiger partial charge in [-0.3, -0.25) is 4.79 Å². The van der Waals surface area contributed by atoms with Gasteiger partial charge in [-0.05, 0) is 19.3 Å². The van der Waals surface area contributed by atoms with Gasteiger partial charge in [0.2, 0.25) is 0 Å². The highest BCUT2D eigenvalue weighted by molar-refractivity contribution is 5.71. The third-order valence-electron chi connectivity index (χ3n) is 8.10. The van der Waals surface area contributed by atoms with Gasteiger partial charge in [0.05, 0.1) is 0 Å². The molecular formula is C33H64O2. The summed E-state index contributed by atoms with van der Waals surface area (Å²) >= 11 is 0. The molecule has 1 saturated heterocycles. The molecule has 208 valence electrons. The zero-order valence-electron chi connectivity index (χ0n) is 24.1. The maximum atomic E-state index is 11.1. The molecule has 0 amide bonds. The summed E-state index contributed by atoms with van der Waals surface area (Å²) in [5.41, 5.74) is 0. The summed E-state index contributed by atoms with van der Waals surface area (Å²) in [5.74, 6) is 0.0139. The second-order valence-corrected chi connectivity index (χ2v) is 11.6. The molecule has 1 rings (SSSR count). The van der Waals surface area contributed by atoms with Crippen LogP contribution in [0.3, 0.4) is 0 Å². The summed E-state index contributed by atoms with van der Waals surface area (Å²) in [6.45, 7) is 2.30. The first-order chi connectivity index (χ1) is 17.3. The molecule has 0 radical (unpaired) electrons. The van der Waals surface area contributed by atoms with Crippen molar-refractivity contribution < 1.29 is 9.53 Å². The predicted octanol–water partition coefficient (Wildman–Crippen LogP) is 11.6. The summed E-state index contributed by atoms with van der Waals surface area (Å²) in [5, 5.41) is 0. The fraction of sp³-hybridized carbons (Fsp3) is 0.970. The van der Waals surface area contributed by atoms with Crippen LogP contribution in [-0.2, 0) is 9.53 Å². The van der Waals surface area contributed by atoms with Gasteiger partial charge in [0, 0.05) is 6.42 Å². The quantitative estimate of drug-likeness (QED) is 0.0801. The van der Waals surface area contributed by atoms with Gasteiger partial charge in [0.15, 0.2) is 0 Å². The zero-order valence-corrected chi connectivity index (χ0v) is 24.1. The molecule has 2 nitrogen and oxygen atoms in total. The number of carbonyl (C=O) groups is 1. The van der Waals surface area contributed by atoms with E-state index in [-0.39, 0.29) is 12.1 Å². The van der Waals surface area contributed by atoms with Crippen LogP contribution in [0.1, 0.15) is 200 Å². The van der Waals surface area contributed by atoms with Crippen LogP contribution in [0.4, 0.5) is 0 Å². The van der Waals surface area contributed by atoms with Crippen LogP contribution in [-0.4, -0.2) is 12.1 Å². The molecule has 0 unspecified atom stereocenters. The van der Waals surface area contributed by atoms with Crippen molar-refractivity contribution in [2.45, 2.75) is 206 Å². The minimum atomic E-state index is 0.0139. The Morgan fingerprint density at radius 2 is 0.771 bits per heavy atom. The maximum Gasteiger partial charge on any atom is 0.306 e. The summed E-state index contributed by atoms with van der Waals surface area (Å²) in [4.78, 5) is 11.1. The Balaban J connectivity index is 1.62. The van der Waals surface area contributed by atoms with E-state index in [1.807, 2.05) is 0 Å². The molecule has 1 aliphatic rings. The topological polar surface area (TPSA) is 26.3 Å². The van der Waals surface area contributed by atoms with Crippen LogP contribution in [0.2, 0.25) is 0 Å². The van der Waals surface area contributed by atoms with Gasteiger partial charge in [-0.2, -0.15) is 0 Å². The van der Waals surface area contributed by atoms with Crippen LogP contribution >= 0.6 is 0 Å². The summed E-state index contributed by atoms with van der Waals surface area (Å²) in [6, 6.07) is 0. The second-order valence-electron chi connectivity index (χ2n) is 11.6. The summed E-state index contributed by atoms with van der Waals surface area (Å²) in [6.07, 6.45) is 41.8. The lowest BCUT2D eigenvalue weighted by Crippen LogP contribution is -2.06. The summed E-state index contributed by atoms with van der Waals surface area (Å²) in [7, 11) is 0. The number of esters is 1. The van der Waals surface area contributed by atoms with Gasteiger partial charge in [-0.1, -0.05) is 174 Å². The monoisotopic (exact) mass is 492 g/mol. The molecule has 0 bridgehead atoms. The van der Waals surface area contributed by atoms with Crippen molar-refractivity contribution in [3.8, 4) is 0 Å². The van der Waals surface area contributed by atoms with Crippen molar-refractivity contribution in [3.63, 3.8) is 0 Å². The van der Waals surface area contributed by atoms with E-state index in [1.54, 1.807) is 0 Å². The van der Waals surface area contributed by atoms with Crippen molar-refractivity contribution >= 4 is 5.97 Å². The Labute approximate surface area is 221 Å². The van der Waals surface area contributed by atoms with E-state index < -0.39 is 0 Å². The number of cyclic esters (lactones) is 1. The molecule has 1 aliphatic heterocycles. The lowest BCUT2D eigenvalue weighted by atomic mass is 10.0. The fourth-order valence-corrected chi connectivity index (χ4v) is 5.65. The molecule has 0 saturated carbocycles. The predicted molar refractivity (Wildman–Crippen MR) is 154 cm³/mol. The lowest BCUT2D eigenvalue weighted by molar-refractivity contribution is -0.141. The van der Waals surface area contributed by atoms with Crippen molar-refractivity contribution in [3.05, 3.63) is 0 Å². The van der Waals surface area contributed by atoms with Crippen LogP contribution in [0.15, 0.2) is 0 Å². The van der Waals surface area contributed by atoms with Gasteiger partial charge in [0.1, 0.15) is 6.10 Å². The molecule has 0 aromatic carbocycles. The van der Waals surface area contributed by atoms with Crippen molar-refractivity contribution in [1.29, 1.82) is 0 Å². The molecule has 0 spiro atoms. The van der Waals surface area contributed by atoms with E-state index in [4.69, 9.17) is 4.74 Å². The molecule has 35 heavy (non-hydrogen) atoms. The minimum Gasteiger partial charge on any atom is -0.462 e. The Morgan fingerprint density at radius 3 is 1.03 bits per heavy atom. The molecule has 1 heterocycles. The zero-order chi connectivity index (χ0) is 25.1. The Hall–Kier alpha value is -0.530. The molecular weight excluding hydrogens is 428 g/mol. The Bertz CT molecular complexity index is 433. The van der Waals surface area contributed by atoms with Crippen LogP contribution in [0.5, 0.6) is 0 Å². The van der Waals surface area contributed by atoms with Gasteiger partial charge >= 0.3 is 5.97 Å². The van der Waals surface area contributed by atoms with Crippen molar-refractivity contribution in [1.82, 2.24) is 0 Å². The average molecular weight is 493 g/mol. The SMILES string of the molecule is CCCCCCCCCCCCCCCCCCCCCCCCCCCCC[C@H]1CCC(=O)O1. The molecule has 0 N–H and O–H groups in total. The molecule has 2 heteroatoms. The van der Waals surface area contributed by atoms with Gasteiger partial charge in [0.25, 0.3) is 0 Å². The standard InChI is InChI=1S/C33H64O2/c1-2-3-4-5-6-7-8-9-10-11-12-13-14-15-16-17-18-19-20-21-22-23-24-25-26-27-28-29-32-30-31-33(34)35-32/h32H,2-31H2,1H3/t32-/m0/s1. The normalized spacial score (nSPS) is 15.7. The molecule has 1 fully saturated rings. The third-order valence-corrected chi connectivity index (χ3v) is 8.10. The minimum absolute atomic E-state index is 0.0139. The second kappa shape index (κ2) is 26.5. The highest BCUT2D eigenvalue weighted by atomic mass is 16.5. The number of hydrogen-bond acceptors (Lipinski definition) is 2. The number of hydrogen-bond donors (Lipinski definition) is 0. The molecule has 0 aromatic rings. The van der Waals surface area contributed by atoms with Gasteiger partial charge in [-0.15, -0.1) is 0 Å². The van der Waals surface area contributed by atoms with Crippen molar-refractivity contribution in [2.75, 3.05) is 0 Å². The van der Waals surface area contributed by atoms with E-state index in [2.05, 4.69) is 6.92 Å². The Kier molecular flexibility index (Phi) is 24.6. The highest BCUT2D eigenvalue weighted by Crippen LogP contribution is 2.20. The molecule has 1 atom stereocenters. The van der Waals surface area contributed by atoms with E-state index in [9.17, 15) is 4.79 Å². The van der Waals surface area contributed by atoms with E-state index in [0.717, 1.165) is 12.8 Å². The first-order valence-corrected chi connectivity index (χ1v) is 16.5. The average Bonchev–Trinajstić information content (AvgIpc) is 3.28. The van der Waals surface area contributed by atoms with Gasteiger partial charge in [-0.25, -0.2) is 0 Å². The smallest absolute Gasteiger partial charge is 0.306 e. The lowest BCUT2D eigenvalue weighted by Gasteiger charge is -2.08. The number of ether oxygens (including phenoxy) is 1. The first-order valence-electron chi connectivity index (χ1n) is 16.5. The Morgan fingerprint density at radius 1 is 0.486 bits per heavy atom.